The van der Waals surface area contributed by atoms with Crippen LogP contribution in [0.4, 0.5) is 14.9 Å². The van der Waals surface area contributed by atoms with Crippen molar-refractivity contribution in [3.63, 3.8) is 0 Å². The maximum atomic E-state index is 13.1. The van der Waals surface area contributed by atoms with Gasteiger partial charge in [-0.2, -0.15) is 0 Å². The van der Waals surface area contributed by atoms with Gasteiger partial charge in [0.1, 0.15) is 5.82 Å². The van der Waals surface area contributed by atoms with Gasteiger partial charge in [0.15, 0.2) is 0 Å². The fourth-order valence-corrected chi connectivity index (χ4v) is 4.53. The SMILES string of the molecule is Cc1ccc(NC(=O)N2CCC(N3CCN(Cc4ccc(F)cc4)C(=O)C3=O)CC2)c(C)c1. The van der Waals surface area contributed by atoms with Crippen LogP contribution in [-0.4, -0.2) is 64.8 Å². The van der Waals surface area contributed by atoms with E-state index in [0.29, 0.717) is 39.0 Å². The molecule has 2 heterocycles. The van der Waals surface area contributed by atoms with Crippen molar-refractivity contribution in [2.45, 2.75) is 39.3 Å². The summed E-state index contributed by atoms with van der Waals surface area (Å²) in [7, 11) is 0. The standard InChI is InChI=1S/C25H29FN4O3/c1-17-3-8-22(18(2)15-17)27-25(33)28-11-9-21(10-12-28)30-14-13-29(23(31)24(30)32)16-19-4-6-20(26)7-5-19/h3-8,15,21H,9-14,16H2,1-2H3,(H,27,33). The van der Waals surface area contributed by atoms with Crippen LogP contribution in [0.3, 0.4) is 0 Å². The largest absolute Gasteiger partial charge is 0.330 e. The molecule has 2 aromatic carbocycles. The highest BCUT2D eigenvalue weighted by Gasteiger charge is 2.38. The monoisotopic (exact) mass is 452 g/mol. The third-order valence-corrected chi connectivity index (χ3v) is 6.44. The molecule has 8 heteroatoms. The Labute approximate surface area is 193 Å². The van der Waals surface area contributed by atoms with Crippen LogP contribution in [0.25, 0.3) is 0 Å². The molecule has 0 spiro atoms. The smallest absolute Gasteiger partial charge is 0.321 e. The third-order valence-electron chi connectivity index (χ3n) is 6.44. The Morgan fingerprint density at radius 1 is 0.970 bits per heavy atom. The number of nitrogens with zero attached hydrogens (tertiary/aromatic N) is 3. The average molecular weight is 453 g/mol. The summed E-state index contributed by atoms with van der Waals surface area (Å²) >= 11 is 0. The summed E-state index contributed by atoms with van der Waals surface area (Å²) in [6.45, 7) is 6.22. The summed E-state index contributed by atoms with van der Waals surface area (Å²) in [5.41, 5.74) is 3.74. The van der Waals surface area contributed by atoms with Crippen molar-refractivity contribution in [1.82, 2.24) is 14.7 Å². The number of piperazine rings is 1. The molecule has 0 aromatic heterocycles. The lowest BCUT2D eigenvalue weighted by molar-refractivity contribution is -0.158. The Morgan fingerprint density at radius 2 is 1.67 bits per heavy atom. The van der Waals surface area contributed by atoms with Crippen LogP contribution in [0.2, 0.25) is 0 Å². The molecule has 0 bridgehead atoms. The van der Waals surface area contributed by atoms with Crippen LogP contribution in [0.5, 0.6) is 0 Å². The van der Waals surface area contributed by atoms with Crippen molar-refractivity contribution in [2.75, 3.05) is 31.5 Å². The number of nitrogens with one attached hydrogen (secondary N) is 1. The van der Waals surface area contributed by atoms with Crippen molar-refractivity contribution in [1.29, 1.82) is 0 Å². The molecule has 0 atom stereocenters. The number of carbonyl (C=O) groups excluding carboxylic acids is 3. The molecular formula is C25H29FN4O3. The number of rotatable bonds is 4. The minimum atomic E-state index is -0.527. The number of likely N-dealkylation sites (tertiary alicyclic amines) is 1. The van der Waals surface area contributed by atoms with Gasteiger partial charge in [0.2, 0.25) is 0 Å². The van der Waals surface area contributed by atoms with Crippen LogP contribution >= 0.6 is 0 Å². The predicted octanol–water partition coefficient (Wildman–Crippen LogP) is 3.31. The minimum Gasteiger partial charge on any atom is -0.330 e. The second-order valence-electron chi connectivity index (χ2n) is 8.82. The van der Waals surface area contributed by atoms with Gasteiger partial charge in [-0.05, 0) is 56.0 Å². The third kappa shape index (κ3) is 5.16. The molecule has 174 valence electrons. The Balaban J connectivity index is 1.29. The number of benzene rings is 2. The maximum Gasteiger partial charge on any atom is 0.321 e. The summed E-state index contributed by atoms with van der Waals surface area (Å²) in [5.74, 6) is -1.36. The highest BCUT2D eigenvalue weighted by atomic mass is 19.1. The van der Waals surface area contributed by atoms with Gasteiger partial charge in [0.25, 0.3) is 0 Å². The maximum absolute atomic E-state index is 13.1. The molecule has 2 saturated heterocycles. The van der Waals surface area contributed by atoms with Gasteiger partial charge in [-0.25, -0.2) is 9.18 Å². The number of piperidine rings is 1. The highest BCUT2D eigenvalue weighted by Crippen LogP contribution is 2.22. The molecule has 0 unspecified atom stereocenters. The fraction of sp³-hybridized carbons (Fsp3) is 0.400. The van der Waals surface area contributed by atoms with E-state index in [4.69, 9.17) is 0 Å². The molecule has 7 nitrogen and oxygen atoms in total. The highest BCUT2D eigenvalue weighted by molar-refractivity contribution is 6.35. The number of hydrogen-bond donors (Lipinski definition) is 1. The Morgan fingerprint density at radius 3 is 2.33 bits per heavy atom. The van der Waals surface area contributed by atoms with Crippen LogP contribution in [0.1, 0.15) is 29.5 Å². The zero-order valence-corrected chi connectivity index (χ0v) is 19.0. The Hall–Kier alpha value is -3.42. The van der Waals surface area contributed by atoms with Crippen molar-refractivity contribution in [3.8, 4) is 0 Å². The van der Waals surface area contributed by atoms with Crippen LogP contribution in [-0.2, 0) is 16.1 Å². The van der Waals surface area contributed by atoms with E-state index < -0.39 is 11.8 Å². The van der Waals surface area contributed by atoms with Crippen LogP contribution < -0.4 is 5.32 Å². The number of halogens is 1. The lowest BCUT2D eigenvalue weighted by Gasteiger charge is -2.42. The number of aryl methyl sites for hydroxylation is 2. The molecule has 2 aromatic rings. The van der Waals surface area contributed by atoms with Gasteiger partial charge in [0, 0.05) is 44.5 Å². The number of amides is 4. The normalized spacial score (nSPS) is 17.5. The van der Waals surface area contributed by atoms with E-state index in [2.05, 4.69) is 5.32 Å². The van der Waals surface area contributed by atoms with Crippen LogP contribution in [0, 0.1) is 19.7 Å². The van der Waals surface area contributed by atoms with Gasteiger partial charge in [0.05, 0.1) is 0 Å². The zero-order valence-electron chi connectivity index (χ0n) is 19.0. The van der Waals surface area contributed by atoms with Crippen molar-refractivity contribution >= 4 is 23.5 Å². The molecule has 2 aliphatic rings. The van der Waals surface area contributed by atoms with E-state index in [0.717, 1.165) is 22.4 Å². The molecule has 2 fully saturated rings. The second-order valence-corrected chi connectivity index (χ2v) is 8.82. The molecule has 0 saturated carbocycles. The molecule has 4 rings (SSSR count). The summed E-state index contributed by atoms with van der Waals surface area (Å²) < 4.78 is 13.1. The summed E-state index contributed by atoms with van der Waals surface area (Å²) in [6.07, 6.45) is 1.27. The first kappa shape index (κ1) is 22.8. The van der Waals surface area contributed by atoms with Crippen molar-refractivity contribution in [3.05, 3.63) is 65.0 Å². The average Bonchev–Trinajstić information content (AvgIpc) is 2.80. The van der Waals surface area contributed by atoms with Crippen molar-refractivity contribution in [2.24, 2.45) is 0 Å². The number of carbonyl (C=O) groups is 3. The first-order valence-corrected chi connectivity index (χ1v) is 11.3. The Bertz CT molecular complexity index is 1050. The minimum absolute atomic E-state index is 0.0559. The summed E-state index contributed by atoms with van der Waals surface area (Å²) in [4.78, 5) is 43.1. The molecule has 1 N–H and O–H groups in total. The van der Waals surface area contributed by atoms with Crippen LogP contribution in [0.15, 0.2) is 42.5 Å². The van der Waals surface area contributed by atoms with Gasteiger partial charge in [-0.1, -0.05) is 29.8 Å². The fourth-order valence-electron chi connectivity index (χ4n) is 4.53. The van der Waals surface area contributed by atoms with Crippen molar-refractivity contribution < 1.29 is 18.8 Å². The van der Waals surface area contributed by atoms with E-state index in [1.165, 1.54) is 17.0 Å². The van der Waals surface area contributed by atoms with Gasteiger partial charge >= 0.3 is 17.8 Å². The van der Waals surface area contributed by atoms with E-state index >= 15 is 0 Å². The molecular weight excluding hydrogens is 423 g/mol. The van der Waals surface area contributed by atoms with E-state index in [1.807, 2.05) is 32.0 Å². The number of urea groups is 1. The van der Waals surface area contributed by atoms with E-state index in [9.17, 15) is 18.8 Å². The first-order chi connectivity index (χ1) is 15.8. The zero-order chi connectivity index (χ0) is 23.5. The molecule has 2 aliphatic heterocycles. The molecule has 0 radical (unpaired) electrons. The molecule has 33 heavy (non-hydrogen) atoms. The van der Waals surface area contributed by atoms with E-state index in [1.54, 1.807) is 21.9 Å². The summed E-state index contributed by atoms with van der Waals surface area (Å²) in [5, 5.41) is 2.97. The summed E-state index contributed by atoms with van der Waals surface area (Å²) in [6, 6.07) is 11.6. The molecule has 4 amide bonds. The van der Waals surface area contributed by atoms with E-state index in [-0.39, 0.29) is 24.4 Å². The molecule has 0 aliphatic carbocycles. The second kappa shape index (κ2) is 9.60. The number of hydrogen-bond acceptors (Lipinski definition) is 3. The first-order valence-electron chi connectivity index (χ1n) is 11.3. The van der Waals surface area contributed by atoms with Gasteiger partial charge in [-0.15, -0.1) is 0 Å². The number of anilines is 1. The quantitative estimate of drug-likeness (QED) is 0.724. The predicted molar refractivity (Wildman–Crippen MR) is 123 cm³/mol. The topological polar surface area (TPSA) is 73.0 Å². The Kier molecular flexibility index (Phi) is 6.62. The lowest BCUT2D eigenvalue weighted by atomic mass is 10.0. The van der Waals surface area contributed by atoms with Gasteiger partial charge < -0.3 is 20.0 Å². The van der Waals surface area contributed by atoms with Gasteiger partial charge in [-0.3, -0.25) is 9.59 Å². The lowest BCUT2D eigenvalue weighted by Crippen LogP contribution is -2.59.